The number of aliphatic hydroxyl groups is 3. The number of fused-ring (bicyclic) bond motifs is 5. The minimum atomic E-state index is -2.34. The zero-order valence-electron chi connectivity index (χ0n) is 33.1. The Morgan fingerprint density at radius 1 is 0.965 bits per heavy atom. The highest BCUT2D eigenvalue weighted by molar-refractivity contribution is 6.40. The van der Waals surface area contributed by atoms with Crippen LogP contribution in [-0.2, 0) is 42.9 Å². The first-order chi connectivity index (χ1) is 26.8. The molecule has 57 heavy (non-hydrogen) atoms. The maximum Gasteiger partial charge on any atom is 0.338 e. The van der Waals surface area contributed by atoms with Gasteiger partial charge in [0.2, 0.25) is 17.5 Å². The summed E-state index contributed by atoms with van der Waals surface area (Å²) in [4.78, 5) is 83.6. The fourth-order valence-corrected chi connectivity index (χ4v) is 9.82. The van der Waals surface area contributed by atoms with E-state index in [9.17, 15) is 44.1 Å². The average Bonchev–Trinajstić information content (AvgIpc) is 3.18. The van der Waals surface area contributed by atoms with Crippen LogP contribution in [0.15, 0.2) is 72.3 Å². The SMILES string of the molecule is CC=C(C)C(=O)N[C@@H](c1ccccc1)[C@@H](O)C(=O)O[C@H]1C[C@@]2(O)[C@@H](OC(=O)c3ccccc3)C3[C@](C)(C(=O)C(=O)C(C1C)C2(C)C)[C@@H](O)C[C@H]1OC[C@@]31OC(C)=O. The highest BCUT2D eigenvalue weighted by Crippen LogP contribution is 2.64. The Morgan fingerprint density at radius 2 is 1.58 bits per heavy atom. The topological polar surface area (TPSA) is 212 Å². The number of allylic oxidation sites excluding steroid dienone is 1. The van der Waals surface area contributed by atoms with Gasteiger partial charge in [-0.3, -0.25) is 19.2 Å². The van der Waals surface area contributed by atoms with Crippen molar-refractivity contribution in [2.24, 2.45) is 28.6 Å². The van der Waals surface area contributed by atoms with Crippen molar-refractivity contribution in [2.75, 3.05) is 6.61 Å². The summed E-state index contributed by atoms with van der Waals surface area (Å²) in [6, 6.07) is 14.9. The zero-order chi connectivity index (χ0) is 41.8. The van der Waals surface area contributed by atoms with Crippen LogP contribution in [0.25, 0.3) is 0 Å². The number of hydrogen-bond donors (Lipinski definition) is 4. The van der Waals surface area contributed by atoms with Crippen molar-refractivity contribution < 1.29 is 63.0 Å². The Bertz CT molecular complexity index is 1960. The number of amides is 1. The highest BCUT2D eigenvalue weighted by Gasteiger charge is 2.79. The molecule has 6 rings (SSSR count). The number of aliphatic hydroxyl groups excluding tert-OH is 2. The molecule has 3 aliphatic carbocycles. The predicted molar refractivity (Wildman–Crippen MR) is 201 cm³/mol. The second-order valence-corrected chi connectivity index (χ2v) is 16.7. The van der Waals surface area contributed by atoms with Crippen LogP contribution < -0.4 is 5.32 Å². The summed E-state index contributed by atoms with van der Waals surface area (Å²) >= 11 is 0. The molecule has 306 valence electrons. The molecule has 0 aromatic heterocycles. The average molecular weight is 790 g/mol. The molecule has 4 aliphatic rings. The molecule has 1 heterocycles. The molecule has 0 spiro atoms. The third-order valence-corrected chi connectivity index (χ3v) is 13.3. The molecule has 12 atom stereocenters. The van der Waals surface area contributed by atoms with Crippen molar-refractivity contribution in [1.82, 2.24) is 5.32 Å². The van der Waals surface area contributed by atoms with Crippen LogP contribution in [-0.4, -0.2) is 99.0 Å². The number of benzene rings is 2. The van der Waals surface area contributed by atoms with E-state index < -0.39 is 118 Å². The Balaban J connectivity index is 1.48. The summed E-state index contributed by atoms with van der Waals surface area (Å²) in [6.45, 7) is 10.1. The second kappa shape index (κ2) is 15.2. The van der Waals surface area contributed by atoms with Crippen molar-refractivity contribution in [1.29, 1.82) is 0 Å². The lowest BCUT2D eigenvalue weighted by Gasteiger charge is -2.67. The van der Waals surface area contributed by atoms with Gasteiger partial charge in [-0.15, -0.1) is 0 Å². The van der Waals surface area contributed by atoms with E-state index in [4.69, 9.17) is 18.9 Å². The number of ketones is 2. The van der Waals surface area contributed by atoms with E-state index in [1.165, 1.54) is 19.1 Å². The number of nitrogens with one attached hydrogen (secondary N) is 1. The van der Waals surface area contributed by atoms with Gasteiger partial charge in [0.25, 0.3) is 0 Å². The molecule has 1 saturated heterocycles. The van der Waals surface area contributed by atoms with Crippen molar-refractivity contribution in [2.45, 2.75) is 109 Å². The Labute approximate surface area is 330 Å². The maximum absolute atomic E-state index is 14.9. The number of carbonyl (C=O) groups excluding carboxylic acids is 6. The Kier molecular flexibility index (Phi) is 11.2. The minimum Gasteiger partial charge on any atom is -0.460 e. The van der Waals surface area contributed by atoms with E-state index in [0.29, 0.717) is 11.1 Å². The van der Waals surface area contributed by atoms with Gasteiger partial charge in [0, 0.05) is 42.6 Å². The quantitative estimate of drug-likeness (QED) is 0.125. The lowest BCUT2D eigenvalue weighted by molar-refractivity contribution is -0.350. The molecule has 2 aromatic carbocycles. The summed E-state index contributed by atoms with van der Waals surface area (Å²) in [5.74, 6) is -9.36. The molecule has 2 bridgehead atoms. The second-order valence-electron chi connectivity index (χ2n) is 16.7. The van der Waals surface area contributed by atoms with Crippen LogP contribution >= 0.6 is 0 Å². The van der Waals surface area contributed by atoms with E-state index in [-0.39, 0.29) is 18.6 Å². The van der Waals surface area contributed by atoms with E-state index in [1.807, 2.05) is 0 Å². The fraction of sp³-hybridized carbons (Fsp3) is 0.535. The molecule has 14 heteroatoms. The molecule has 1 aliphatic heterocycles. The number of carbonyl (C=O) groups is 6. The number of ether oxygens (including phenoxy) is 4. The van der Waals surface area contributed by atoms with Gasteiger partial charge in [-0.1, -0.05) is 75.4 Å². The van der Waals surface area contributed by atoms with E-state index in [2.05, 4.69) is 5.32 Å². The lowest BCUT2D eigenvalue weighted by Crippen LogP contribution is -2.82. The summed E-state index contributed by atoms with van der Waals surface area (Å²) in [6.07, 6.45) is -6.84. The van der Waals surface area contributed by atoms with E-state index in [1.54, 1.807) is 89.2 Å². The molecule has 4 fully saturated rings. The van der Waals surface area contributed by atoms with Crippen molar-refractivity contribution in [3.05, 3.63) is 83.4 Å². The maximum atomic E-state index is 14.9. The van der Waals surface area contributed by atoms with Gasteiger partial charge in [0.05, 0.1) is 35.6 Å². The smallest absolute Gasteiger partial charge is 0.338 e. The van der Waals surface area contributed by atoms with Crippen LogP contribution in [0.5, 0.6) is 0 Å². The number of esters is 3. The molecule has 1 amide bonds. The first kappa shape index (κ1) is 41.9. The molecule has 4 N–H and O–H groups in total. The van der Waals surface area contributed by atoms with Crippen molar-refractivity contribution >= 4 is 35.4 Å². The third-order valence-electron chi connectivity index (χ3n) is 13.3. The molecular weight excluding hydrogens is 738 g/mol. The predicted octanol–water partition coefficient (Wildman–Crippen LogP) is 2.96. The largest absolute Gasteiger partial charge is 0.460 e. The van der Waals surface area contributed by atoms with Gasteiger partial charge in [0.1, 0.15) is 23.9 Å². The number of rotatable bonds is 9. The molecule has 0 radical (unpaired) electrons. The van der Waals surface area contributed by atoms with Crippen LogP contribution in [0.3, 0.4) is 0 Å². The van der Waals surface area contributed by atoms with Gasteiger partial charge >= 0.3 is 17.9 Å². The normalized spacial score (nSPS) is 35.4. The Hall–Kier alpha value is -4.76. The van der Waals surface area contributed by atoms with Gasteiger partial charge in [-0.2, -0.15) is 0 Å². The lowest BCUT2D eigenvalue weighted by atomic mass is 9.42. The molecule has 3 saturated carbocycles. The Morgan fingerprint density at radius 3 is 2.14 bits per heavy atom. The van der Waals surface area contributed by atoms with Crippen LogP contribution in [0, 0.1) is 28.6 Å². The van der Waals surface area contributed by atoms with Gasteiger partial charge in [-0.05, 0) is 38.5 Å². The minimum absolute atomic E-state index is 0.0818. The molecule has 14 nitrogen and oxygen atoms in total. The molecular formula is C43H51NO13. The summed E-state index contributed by atoms with van der Waals surface area (Å²) in [5.41, 5.74) is -6.96. The van der Waals surface area contributed by atoms with Gasteiger partial charge in [-0.25, -0.2) is 9.59 Å². The van der Waals surface area contributed by atoms with Crippen LogP contribution in [0.4, 0.5) is 0 Å². The van der Waals surface area contributed by atoms with Gasteiger partial charge in [0.15, 0.2) is 11.7 Å². The van der Waals surface area contributed by atoms with Gasteiger partial charge < -0.3 is 39.6 Å². The van der Waals surface area contributed by atoms with Crippen molar-refractivity contribution in [3.8, 4) is 0 Å². The number of hydrogen-bond acceptors (Lipinski definition) is 13. The third kappa shape index (κ3) is 6.69. The number of Topliss-reactive ketones (excluding diaryl/α,β-unsaturated/α-hetero) is 2. The fourth-order valence-electron chi connectivity index (χ4n) is 9.82. The molecule has 3 unspecified atom stereocenters. The van der Waals surface area contributed by atoms with E-state index in [0.717, 1.165) is 6.92 Å². The van der Waals surface area contributed by atoms with E-state index >= 15 is 0 Å². The van der Waals surface area contributed by atoms with Crippen LogP contribution in [0.1, 0.15) is 83.3 Å². The first-order valence-corrected chi connectivity index (χ1v) is 19.2. The summed E-state index contributed by atoms with van der Waals surface area (Å²) in [7, 11) is 0. The summed E-state index contributed by atoms with van der Waals surface area (Å²) < 4.78 is 24.1. The van der Waals surface area contributed by atoms with Crippen LogP contribution in [0.2, 0.25) is 0 Å². The van der Waals surface area contributed by atoms with Crippen molar-refractivity contribution in [3.63, 3.8) is 0 Å². The summed E-state index contributed by atoms with van der Waals surface area (Å²) in [5, 5.41) is 39.5. The molecule has 2 aromatic rings. The standard InChI is InChI=1S/C43H51NO13/c1-8-22(2)37(50)44-31(25-15-11-9-12-16-25)33(48)39(52)55-27-20-43(53)36(56-38(51)26-17-13-10-14-18-26)34-41(7,35(49)32(47)30(23(27)3)40(43,5)6)28(46)19-29-42(34,21-54-29)57-24(4)45/h8-18,23,27-31,33-34,36,46,48,53H,19-21H2,1-7H3,(H,44,50)/t23?,27-,28-,29+,30?,31-,33+,34?,36-,41+,42-,43+/m0/s1. The zero-order valence-corrected chi connectivity index (χ0v) is 33.1. The first-order valence-electron chi connectivity index (χ1n) is 19.2. The monoisotopic (exact) mass is 789 g/mol. The highest BCUT2D eigenvalue weighted by atomic mass is 16.6.